The summed E-state index contributed by atoms with van der Waals surface area (Å²) < 4.78 is 42.1. The zero-order valence-corrected chi connectivity index (χ0v) is 16.4. The van der Waals surface area contributed by atoms with Gasteiger partial charge in [-0.05, 0) is 37.8 Å². The molecular weight excluding hydrogens is 409 g/mol. The van der Waals surface area contributed by atoms with E-state index in [1.807, 2.05) is 6.92 Å². The van der Waals surface area contributed by atoms with Crippen molar-refractivity contribution in [2.45, 2.75) is 38.1 Å². The highest BCUT2D eigenvalue weighted by Gasteiger charge is 2.50. The summed E-state index contributed by atoms with van der Waals surface area (Å²) in [6, 6.07) is 2.79. The fraction of sp³-hybridized carbons (Fsp3) is 0.421. The third kappa shape index (κ3) is 3.03. The molecule has 0 radical (unpaired) electrons. The molecule has 0 aliphatic heterocycles. The molecule has 10 heteroatoms. The number of aryl methyl sites for hydroxylation is 2. The molecule has 1 atom stereocenters. The zero-order chi connectivity index (χ0) is 21.1. The van der Waals surface area contributed by atoms with Crippen molar-refractivity contribution in [2.75, 3.05) is 0 Å². The molecule has 0 amide bonds. The summed E-state index contributed by atoms with van der Waals surface area (Å²) >= 11 is 5.86. The highest BCUT2D eigenvalue weighted by Crippen LogP contribution is 2.51. The van der Waals surface area contributed by atoms with Gasteiger partial charge in [0.1, 0.15) is 5.60 Å². The quantitative estimate of drug-likeness (QED) is 0.693. The van der Waals surface area contributed by atoms with Crippen LogP contribution < -0.4 is 5.56 Å². The van der Waals surface area contributed by atoms with Crippen LogP contribution in [0.15, 0.2) is 29.3 Å². The van der Waals surface area contributed by atoms with Crippen LogP contribution in [-0.4, -0.2) is 24.4 Å². The van der Waals surface area contributed by atoms with Gasteiger partial charge in [0, 0.05) is 36.9 Å². The predicted molar refractivity (Wildman–Crippen MR) is 101 cm³/mol. The van der Waals surface area contributed by atoms with Crippen molar-refractivity contribution < 1.29 is 18.3 Å². The van der Waals surface area contributed by atoms with Crippen molar-refractivity contribution in [1.29, 1.82) is 0 Å². The van der Waals surface area contributed by atoms with Gasteiger partial charge in [0.25, 0.3) is 5.56 Å². The summed E-state index contributed by atoms with van der Waals surface area (Å²) in [5, 5.41) is 15.9. The van der Waals surface area contributed by atoms with Crippen molar-refractivity contribution in [3.8, 4) is 0 Å². The third-order valence-corrected chi connectivity index (χ3v) is 5.68. The first-order chi connectivity index (χ1) is 13.6. The summed E-state index contributed by atoms with van der Waals surface area (Å²) in [5.41, 5.74) is -2.50. The van der Waals surface area contributed by atoms with Crippen LogP contribution in [0.3, 0.4) is 0 Å². The lowest BCUT2D eigenvalue weighted by molar-refractivity contribution is -0.141. The standard InChI is InChI=1S/C19H18ClF3N4O2/c1-3-27-7-6-12-14(17(27)28)25-26(2)16(12)18(29,10-4-5-10)11-8-13(20)15(24-9-11)19(21,22)23/h6-10,29H,3-5H2,1-2H3/t18-/m0/s1. The molecule has 0 unspecified atom stereocenters. The number of pyridine rings is 2. The largest absolute Gasteiger partial charge is 0.434 e. The number of nitrogens with zero attached hydrogens (tertiary/aromatic N) is 4. The number of fused-ring (bicyclic) bond motifs is 1. The van der Waals surface area contributed by atoms with Crippen molar-refractivity contribution in [1.82, 2.24) is 19.3 Å². The van der Waals surface area contributed by atoms with Crippen LogP contribution in [-0.2, 0) is 25.4 Å². The van der Waals surface area contributed by atoms with Gasteiger partial charge in [-0.2, -0.15) is 18.3 Å². The molecule has 3 heterocycles. The first-order valence-electron chi connectivity index (χ1n) is 9.11. The van der Waals surface area contributed by atoms with Gasteiger partial charge in [-0.3, -0.25) is 9.48 Å². The molecule has 1 aliphatic carbocycles. The molecule has 0 saturated heterocycles. The fourth-order valence-electron chi connectivity index (χ4n) is 3.85. The fourth-order valence-corrected chi connectivity index (χ4v) is 4.12. The maximum Gasteiger partial charge on any atom is 0.434 e. The van der Waals surface area contributed by atoms with Gasteiger partial charge in [-0.25, -0.2) is 4.98 Å². The average molecular weight is 427 g/mol. The van der Waals surface area contributed by atoms with Gasteiger partial charge in [-0.15, -0.1) is 0 Å². The van der Waals surface area contributed by atoms with E-state index in [1.165, 1.54) is 9.25 Å². The molecule has 1 N–H and O–H groups in total. The van der Waals surface area contributed by atoms with E-state index in [-0.39, 0.29) is 22.6 Å². The van der Waals surface area contributed by atoms with Gasteiger partial charge in [-0.1, -0.05) is 11.6 Å². The highest BCUT2D eigenvalue weighted by atomic mass is 35.5. The summed E-state index contributed by atoms with van der Waals surface area (Å²) in [6.45, 7) is 2.29. The van der Waals surface area contributed by atoms with Gasteiger partial charge in [0.2, 0.25) is 0 Å². The number of aromatic nitrogens is 4. The minimum absolute atomic E-state index is 0.141. The minimum Gasteiger partial charge on any atom is -0.378 e. The van der Waals surface area contributed by atoms with Crippen LogP contribution >= 0.6 is 11.6 Å². The molecule has 0 aromatic carbocycles. The molecule has 0 bridgehead atoms. The highest BCUT2D eigenvalue weighted by molar-refractivity contribution is 6.31. The molecule has 1 saturated carbocycles. The Kier molecular flexibility index (Phi) is 4.51. The maximum absolute atomic E-state index is 13.0. The van der Waals surface area contributed by atoms with Crippen LogP contribution in [0.5, 0.6) is 0 Å². The SMILES string of the molecule is CCn1ccc2c([C@@](O)(c3cnc(C(F)(F)F)c(Cl)c3)C3CC3)n(C)nc2c1=O. The first kappa shape index (κ1) is 19.9. The van der Waals surface area contributed by atoms with Crippen LogP contribution in [0.1, 0.15) is 36.7 Å². The minimum atomic E-state index is -4.70. The average Bonchev–Trinajstić information content (AvgIpc) is 3.44. The van der Waals surface area contributed by atoms with Crippen LogP contribution in [0.25, 0.3) is 10.9 Å². The molecule has 29 heavy (non-hydrogen) atoms. The van der Waals surface area contributed by atoms with E-state index in [1.54, 1.807) is 19.3 Å². The van der Waals surface area contributed by atoms with E-state index >= 15 is 0 Å². The topological polar surface area (TPSA) is 72.9 Å². The van der Waals surface area contributed by atoms with E-state index in [0.29, 0.717) is 30.5 Å². The Balaban J connectivity index is 1.96. The summed E-state index contributed by atoms with van der Waals surface area (Å²) in [5.74, 6) is -0.246. The second-order valence-electron chi connectivity index (χ2n) is 7.23. The monoisotopic (exact) mass is 426 g/mol. The molecular formula is C19H18ClF3N4O2. The molecule has 3 aromatic rings. The predicted octanol–water partition coefficient (Wildman–Crippen LogP) is 3.47. The Hall–Kier alpha value is -2.39. The van der Waals surface area contributed by atoms with Crippen LogP contribution in [0.4, 0.5) is 13.2 Å². The molecule has 0 spiro atoms. The van der Waals surface area contributed by atoms with Crippen LogP contribution in [0, 0.1) is 5.92 Å². The number of halogens is 4. The number of alkyl halides is 3. The molecule has 4 rings (SSSR count). The zero-order valence-electron chi connectivity index (χ0n) is 15.7. The number of rotatable bonds is 4. The second-order valence-corrected chi connectivity index (χ2v) is 7.64. The molecule has 1 aliphatic rings. The lowest BCUT2D eigenvalue weighted by atomic mass is 9.84. The van der Waals surface area contributed by atoms with Crippen molar-refractivity contribution in [3.05, 3.63) is 56.9 Å². The summed E-state index contributed by atoms with van der Waals surface area (Å²) in [6.07, 6.45) is -0.736. The molecule has 6 nitrogen and oxygen atoms in total. The van der Waals surface area contributed by atoms with E-state index in [0.717, 1.165) is 12.3 Å². The van der Waals surface area contributed by atoms with E-state index < -0.39 is 22.5 Å². The lowest BCUT2D eigenvalue weighted by Gasteiger charge is -2.29. The normalized spacial score (nSPS) is 16.9. The number of hydrogen-bond acceptors (Lipinski definition) is 4. The molecule has 3 aromatic heterocycles. The van der Waals surface area contributed by atoms with Crippen molar-refractivity contribution >= 4 is 22.5 Å². The Morgan fingerprint density at radius 3 is 2.59 bits per heavy atom. The van der Waals surface area contributed by atoms with E-state index in [9.17, 15) is 23.1 Å². The Morgan fingerprint density at radius 2 is 2.03 bits per heavy atom. The molecule has 154 valence electrons. The smallest absolute Gasteiger partial charge is 0.378 e. The summed E-state index contributed by atoms with van der Waals surface area (Å²) in [4.78, 5) is 16.1. The van der Waals surface area contributed by atoms with E-state index in [2.05, 4.69) is 10.1 Å². The van der Waals surface area contributed by atoms with Crippen LogP contribution in [0.2, 0.25) is 5.02 Å². The van der Waals surface area contributed by atoms with Crippen molar-refractivity contribution in [3.63, 3.8) is 0 Å². The van der Waals surface area contributed by atoms with Gasteiger partial charge in [0.15, 0.2) is 11.2 Å². The Bertz CT molecular complexity index is 1170. The molecule has 1 fully saturated rings. The van der Waals surface area contributed by atoms with Gasteiger partial charge < -0.3 is 9.67 Å². The lowest BCUT2D eigenvalue weighted by Crippen LogP contribution is -2.33. The van der Waals surface area contributed by atoms with Gasteiger partial charge in [0.05, 0.1) is 10.7 Å². The summed E-state index contributed by atoms with van der Waals surface area (Å²) in [7, 11) is 1.59. The second kappa shape index (κ2) is 6.56. The number of hydrogen-bond donors (Lipinski definition) is 1. The first-order valence-corrected chi connectivity index (χ1v) is 9.49. The Labute approximate surface area is 168 Å². The van der Waals surface area contributed by atoms with Crippen molar-refractivity contribution in [2.24, 2.45) is 13.0 Å². The third-order valence-electron chi connectivity index (χ3n) is 5.39. The van der Waals surface area contributed by atoms with E-state index in [4.69, 9.17) is 11.6 Å². The Morgan fingerprint density at radius 1 is 1.34 bits per heavy atom. The maximum atomic E-state index is 13.0. The van der Waals surface area contributed by atoms with Gasteiger partial charge >= 0.3 is 6.18 Å². The number of aliphatic hydroxyl groups is 1.